The second kappa shape index (κ2) is 9.53. The van der Waals surface area contributed by atoms with Crippen LogP contribution in [0.15, 0.2) is 59.8 Å². The van der Waals surface area contributed by atoms with Crippen molar-refractivity contribution in [2.45, 2.75) is 5.16 Å². The van der Waals surface area contributed by atoms with Gasteiger partial charge in [0.25, 0.3) is 5.69 Å². The Morgan fingerprint density at radius 3 is 2.67 bits per heavy atom. The van der Waals surface area contributed by atoms with Crippen LogP contribution < -0.4 is 14.8 Å². The average Bonchev–Trinajstić information content (AvgIpc) is 3.25. The topological polar surface area (TPSA) is 134 Å². The molecule has 0 aliphatic rings. The monoisotopic (exact) mass is 466 g/mol. The molecule has 0 unspecified atom stereocenters. The van der Waals surface area contributed by atoms with E-state index in [1.165, 1.54) is 30.9 Å². The summed E-state index contributed by atoms with van der Waals surface area (Å²) in [5.74, 6) is 0.881. The number of nitro groups is 1. The molecule has 11 nitrogen and oxygen atoms in total. The molecule has 0 aliphatic carbocycles. The van der Waals surface area contributed by atoms with Crippen molar-refractivity contribution < 1.29 is 19.2 Å². The first-order chi connectivity index (χ1) is 16.0. The number of thioether (sulfide) groups is 1. The number of amides is 1. The van der Waals surface area contributed by atoms with E-state index >= 15 is 0 Å². The Morgan fingerprint density at radius 1 is 1.09 bits per heavy atom. The van der Waals surface area contributed by atoms with E-state index in [-0.39, 0.29) is 17.3 Å². The molecular weight excluding hydrogens is 448 g/mol. The molecule has 0 bridgehead atoms. The van der Waals surface area contributed by atoms with E-state index < -0.39 is 4.92 Å². The molecule has 0 aliphatic heterocycles. The van der Waals surface area contributed by atoms with Crippen molar-refractivity contribution in [1.29, 1.82) is 0 Å². The molecule has 168 valence electrons. The number of carbonyl (C=O) groups excluding carboxylic acids is 1. The number of hydrogen-bond acceptors (Lipinski definition) is 9. The minimum absolute atomic E-state index is 0.0282. The van der Waals surface area contributed by atoms with Gasteiger partial charge in [0.1, 0.15) is 0 Å². The molecule has 0 spiro atoms. The molecule has 1 amide bonds. The van der Waals surface area contributed by atoms with E-state index in [1.54, 1.807) is 42.5 Å². The van der Waals surface area contributed by atoms with Crippen molar-refractivity contribution in [3.8, 4) is 22.8 Å². The quantitative estimate of drug-likeness (QED) is 0.235. The molecule has 1 N–H and O–H groups in total. The maximum Gasteiger partial charge on any atom is 0.270 e. The van der Waals surface area contributed by atoms with Crippen molar-refractivity contribution in [3.05, 3.63) is 64.7 Å². The van der Waals surface area contributed by atoms with Gasteiger partial charge in [0.05, 0.1) is 30.6 Å². The fraction of sp³-hybridized carbons (Fsp3) is 0.143. The van der Waals surface area contributed by atoms with Gasteiger partial charge in [-0.2, -0.15) is 9.61 Å². The number of nitrogens with one attached hydrogen (secondary N) is 1. The lowest BCUT2D eigenvalue weighted by molar-refractivity contribution is -0.384. The molecule has 2 heterocycles. The van der Waals surface area contributed by atoms with Gasteiger partial charge in [0, 0.05) is 29.4 Å². The highest BCUT2D eigenvalue weighted by Crippen LogP contribution is 2.30. The van der Waals surface area contributed by atoms with Crippen LogP contribution in [-0.4, -0.2) is 50.6 Å². The summed E-state index contributed by atoms with van der Waals surface area (Å²) in [6.07, 6.45) is 0. The maximum absolute atomic E-state index is 12.4. The van der Waals surface area contributed by atoms with E-state index in [9.17, 15) is 14.9 Å². The number of nitro benzene ring substituents is 1. The third-order valence-electron chi connectivity index (χ3n) is 4.59. The number of benzene rings is 2. The summed E-state index contributed by atoms with van der Waals surface area (Å²) in [5.41, 5.74) is 2.13. The highest BCUT2D eigenvalue weighted by atomic mass is 32.2. The van der Waals surface area contributed by atoms with Gasteiger partial charge in [-0.25, -0.2) is 0 Å². The molecule has 12 heteroatoms. The number of carbonyl (C=O) groups is 1. The Morgan fingerprint density at radius 2 is 1.91 bits per heavy atom. The molecule has 0 saturated carbocycles. The molecule has 33 heavy (non-hydrogen) atoms. The van der Waals surface area contributed by atoms with Crippen LogP contribution in [0.1, 0.15) is 0 Å². The number of non-ortho nitro benzene ring substituents is 1. The third-order valence-corrected chi connectivity index (χ3v) is 5.51. The Hall–Kier alpha value is -4.19. The summed E-state index contributed by atoms with van der Waals surface area (Å²) in [6, 6.07) is 14.7. The van der Waals surface area contributed by atoms with Crippen molar-refractivity contribution in [3.63, 3.8) is 0 Å². The number of ether oxygens (including phenoxy) is 2. The van der Waals surface area contributed by atoms with E-state index in [0.717, 1.165) is 11.8 Å². The lowest BCUT2D eigenvalue weighted by Crippen LogP contribution is -2.14. The van der Waals surface area contributed by atoms with Gasteiger partial charge >= 0.3 is 0 Å². The van der Waals surface area contributed by atoms with Gasteiger partial charge < -0.3 is 14.8 Å². The fourth-order valence-electron chi connectivity index (χ4n) is 3.03. The lowest BCUT2D eigenvalue weighted by atomic mass is 10.1. The van der Waals surface area contributed by atoms with Crippen LogP contribution in [0.3, 0.4) is 0 Å². The largest absolute Gasteiger partial charge is 0.493 e. The molecule has 0 fully saturated rings. The summed E-state index contributed by atoms with van der Waals surface area (Å²) in [7, 11) is 3.05. The fourth-order valence-corrected chi connectivity index (χ4v) is 3.72. The summed E-state index contributed by atoms with van der Waals surface area (Å²) in [4.78, 5) is 23.0. The minimum Gasteiger partial charge on any atom is -0.493 e. The summed E-state index contributed by atoms with van der Waals surface area (Å²) in [6.45, 7) is 0. The van der Waals surface area contributed by atoms with Crippen molar-refractivity contribution in [1.82, 2.24) is 19.8 Å². The van der Waals surface area contributed by atoms with Crippen LogP contribution in [0.5, 0.6) is 11.5 Å². The maximum atomic E-state index is 12.4. The first-order valence-corrected chi connectivity index (χ1v) is 10.6. The Bertz CT molecular complexity index is 1340. The predicted octanol–water partition coefficient (Wildman–Crippen LogP) is 3.45. The number of aromatic nitrogens is 4. The smallest absolute Gasteiger partial charge is 0.270 e. The van der Waals surface area contributed by atoms with Crippen LogP contribution in [-0.2, 0) is 4.79 Å². The zero-order valence-electron chi connectivity index (χ0n) is 17.6. The van der Waals surface area contributed by atoms with Gasteiger partial charge in [-0.15, -0.1) is 10.2 Å². The second-order valence-corrected chi connectivity index (χ2v) is 7.63. The third kappa shape index (κ3) is 4.85. The van der Waals surface area contributed by atoms with E-state index in [1.807, 2.05) is 0 Å². The molecule has 0 saturated heterocycles. The molecule has 4 aromatic rings. The van der Waals surface area contributed by atoms with Crippen LogP contribution in [0, 0.1) is 10.1 Å². The first-order valence-electron chi connectivity index (χ1n) is 9.60. The molecule has 2 aromatic carbocycles. The first kappa shape index (κ1) is 22.0. The highest BCUT2D eigenvalue weighted by molar-refractivity contribution is 7.99. The highest BCUT2D eigenvalue weighted by Gasteiger charge is 2.14. The zero-order chi connectivity index (χ0) is 23.4. The van der Waals surface area contributed by atoms with Crippen LogP contribution in [0.25, 0.3) is 16.9 Å². The molecule has 0 atom stereocenters. The predicted molar refractivity (Wildman–Crippen MR) is 122 cm³/mol. The normalized spacial score (nSPS) is 10.7. The summed E-state index contributed by atoms with van der Waals surface area (Å²) < 4.78 is 11.9. The van der Waals surface area contributed by atoms with Crippen LogP contribution >= 0.6 is 11.8 Å². The summed E-state index contributed by atoms with van der Waals surface area (Å²) in [5, 5.41) is 26.9. The van der Waals surface area contributed by atoms with E-state index in [4.69, 9.17) is 9.47 Å². The SMILES string of the molecule is COc1ccc(NC(=O)CSc2nnc3ccc(-c4cccc([N+](=O)[O-])c4)nn23)cc1OC. The van der Waals surface area contributed by atoms with Crippen molar-refractivity contribution in [2.75, 3.05) is 25.3 Å². The molecular formula is C21H18N6O5S. The molecule has 0 radical (unpaired) electrons. The number of anilines is 1. The number of hydrogen-bond donors (Lipinski definition) is 1. The Kier molecular flexibility index (Phi) is 6.36. The molecule has 2 aromatic heterocycles. The van der Waals surface area contributed by atoms with E-state index in [2.05, 4.69) is 20.6 Å². The second-order valence-electron chi connectivity index (χ2n) is 6.69. The van der Waals surface area contributed by atoms with Crippen molar-refractivity contribution in [2.24, 2.45) is 0 Å². The van der Waals surface area contributed by atoms with Gasteiger partial charge in [0.2, 0.25) is 11.1 Å². The number of nitrogens with zero attached hydrogens (tertiary/aromatic N) is 5. The average molecular weight is 466 g/mol. The zero-order valence-corrected chi connectivity index (χ0v) is 18.4. The summed E-state index contributed by atoms with van der Waals surface area (Å²) >= 11 is 1.16. The van der Waals surface area contributed by atoms with Gasteiger partial charge in [-0.3, -0.25) is 14.9 Å². The van der Waals surface area contributed by atoms with Gasteiger partial charge in [-0.1, -0.05) is 23.9 Å². The number of fused-ring (bicyclic) bond motifs is 1. The van der Waals surface area contributed by atoms with Gasteiger partial charge in [0.15, 0.2) is 17.1 Å². The number of methoxy groups -OCH3 is 2. The Labute approximate surface area is 191 Å². The standard InChI is InChI=1S/C21H18N6O5S/c1-31-17-8-6-14(11-18(17)32-2)22-20(28)12-33-21-24-23-19-9-7-16(25-26(19)21)13-4-3-5-15(10-13)27(29)30/h3-11H,12H2,1-2H3,(H,22,28). The lowest BCUT2D eigenvalue weighted by Gasteiger charge is -2.10. The van der Waals surface area contributed by atoms with Crippen molar-refractivity contribution >= 4 is 34.7 Å². The van der Waals surface area contributed by atoms with Crippen LogP contribution in [0.4, 0.5) is 11.4 Å². The van der Waals surface area contributed by atoms with E-state index in [0.29, 0.717) is 39.2 Å². The Balaban J connectivity index is 1.49. The van der Waals surface area contributed by atoms with Gasteiger partial charge in [-0.05, 0) is 24.3 Å². The molecule has 4 rings (SSSR count). The number of rotatable bonds is 8. The van der Waals surface area contributed by atoms with Crippen LogP contribution in [0.2, 0.25) is 0 Å². The minimum atomic E-state index is -0.459.